The minimum atomic E-state index is -0.597. The standard InChI is InChI=1S/C25H23NO4S2/c1-17(27)26-21-15-19(13-14-23(21)31-2)22(28)16-30-25(29)24(18-9-5-3-6-10-18)32-20-11-7-4-8-12-20/h3-15,24H,16H2,1-2H3,(H,26,27). The molecule has 164 valence electrons. The molecule has 0 aliphatic rings. The zero-order chi connectivity index (χ0) is 22.9. The zero-order valence-electron chi connectivity index (χ0n) is 17.7. The summed E-state index contributed by atoms with van der Waals surface area (Å²) in [6, 6.07) is 24.0. The van der Waals surface area contributed by atoms with Gasteiger partial charge in [0.1, 0.15) is 5.25 Å². The summed E-state index contributed by atoms with van der Waals surface area (Å²) in [6.45, 7) is 1.03. The van der Waals surface area contributed by atoms with Crippen LogP contribution in [0, 0.1) is 0 Å². The number of rotatable bonds is 9. The van der Waals surface area contributed by atoms with E-state index < -0.39 is 11.2 Å². The molecule has 0 aromatic heterocycles. The highest BCUT2D eigenvalue weighted by Crippen LogP contribution is 2.36. The fraction of sp³-hybridized carbons (Fsp3) is 0.160. The van der Waals surface area contributed by atoms with E-state index in [1.54, 1.807) is 18.2 Å². The Morgan fingerprint density at radius 2 is 1.59 bits per heavy atom. The zero-order valence-corrected chi connectivity index (χ0v) is 19.4. The summed E-state index contributed by atoms with van der Waals surface area (Å²) in [6.07, 6.45) is 1.89. The van der Waals surface area contributed by atoms with E-state index in [1.165, 1.54) is 30.4 Å². The number of anilines is 1. The third-order valence-corrected chi connectivity index (χ3v) is 6.53. The summed E-state index contributed by atoms with van der Waals surface area (Å²) < 4.78 is 5.42. The van der Waals surface area contributed by atoms with Gasteiger partial charge in [0, 0.05) is 22.3 Å². The van der Waals surface area contributed by atoms with Gasteiger partial charge < -0.3 is 10.1 Å². The average molecular weight is 466 g/mol. The molecule has 5 nitrogen and oxygen atoms in total. The predicted molar refractivity (Wildman–Crippen MR) is 129 cm³/mol. The number of Topliss-reactive ketones (excluding diaryl/α,β-unsaturated/α-hetero) is 1. The Bertz CT molecular complexity index is 1090. The van der Waals surface area contributed by atoms with Gasteiger partial charge in [-0.05, 0) is 36.1 Å². The molecule has 7 heteroatoms. The minimum Gasteiger partial charge on any atom is -0.456 e. The maximum atomic E-state index is 12.9. The van der Waals surface area contributed by atoms with Crippen LogP contribution < -0.4 is 5.32 Å². The first kappa shape index (κ1) is 23.6. The molecule has 1 N–H and O–H groups in total. The van der Waals surface area contributed by atoms with Crippen molar-refractivity contribution in [1.29, 1.82) is 0 Å². The fourth-order valence-corrected chi connectivity index (χ4v) is 4.56. The topological polar surface area (TPSA) is 72.5 Å². The lowest BCUT2D eigenvalue weighted by atomic mass is 10.1. The van der Waals surface area contributed by atoms with Gasteiger partial charge >= 0.3 is 5.97 Å². The molecule has 3 aromatic rings. The van der Waals surface area contributed by atoms with E-state index in [-0.39, 0.29) is 18.3 Å². The summed E-state index contributed by atoms with van der Waals surface area (Å²) in [5, 5.41) is 2.13. The highest BCUT2D eigenvalue weighted by atomic mass is 32.2. The van der Waals surface area contributed by atoms with Gasteiger partial charge in [-0.2, -0.15) is 0 Å². The Kier molecular flexibility index (Phi) is 8.53. The number of benzene rings is 3. The Hall–Kier alpha value is -3.03. The van der Waals surface area contributed by atoms with Gasteiger partial charge in [0.25, 0.3) is 0 Å². The van der Waals surface area contributed by atoms with E-state index in [0.717, 1.165) is 15.4 Å². The van der Waals surface area contributed by atoms with Gasteiger partial charge in [-0.3, -0.25) is 14.4 Å². The van der Waals surface area contributed by atoms with Crippen LogP contribution in [0.15, 0.2) is 88.7 Å². The van der Waals surface area contributed by atoms with Crippen LogP contribution >= 0.6 is 23.5 Å². The van der Waals surface area contributed by atoms with E-state index in [4.69, 9.17) is 4.74 Å². The largest absolute Gasteiger partial charge is 0.456 e. The lowest BCUT2D eigenvalue weighted by Crippen LogP contribution is -2.19. The SMILES string of the molecule is CSc1ccc(C(=O)COC(=O)C(Sc2ccccc2)c2ccccc2)cc1NC(C)=O. The van der Waals surface area contributed by atoms with Crippen LogP contribution in [0.25, 0.3) is 0 Å². The molecule has 3 aromatic carbocycles. The van der Waals surface area contributed by atoms with Crippen LogP contribution in [0.5, 0.6) is 0 Å². The summed E-state index contributed by atoms with van der Waals surface area (Å²) in [5.74, 6) is -1.05. The van der Waals surface area contributed by atoms with E-state index in [9.17, 15) is 14.4 Å². The number of ketones is 1. The van der Waals surface area contributed by atoms with Crippen LogP contribution in [0.4, 0.5) is 5.69 Å². The smallest absolute Gasteiger partial charge is 0.324 e. The van der Waals surface area contributed by atoms with Crippen molar-refractivity contribution in [3.8, 4) is 0 Å². The number of amides is 1. The number of esters is 1. The number of nitrogens with one attached hydrogen (secondary N) is 1. The second kappa shape index (κ2) is 11.5. The Morgan fingerprint density at radius 1 is 0.938 bits per heavy atom. The van der Waals surface area contributed by atoms with Crippen molar-refractivity contribution in [2.45, 2.75) is 22.0 Å². The molecule has 1 amide bonds. The molecule has 3 rings (SSSR count). The summed E-state index contributed by atoms with van der Waals surface area (Å²) in [7, 11) is 0. The van der Waals surface area contributed by atoms with Crippen molar-refractivity contribution < 1.29 is 19.1 Å². The molecule has 0 spiro atoms. The molecule has 0 saturated heterocycles. The maximum absolute atomic E-state index is 12.9. The third-order valence-electron chi connectivity index (χ3n) is 4.49. The summed E-state index contributed by atoms with van der Waals surface area (Å²) in [4.78, 5) is 38.9. The maximum Gasteiger partial charge on any atom is 0.324 e. The van der Waals surface area contributed by atoms with Gasteiger partial charge in [0.05, 0.1) is 5.69 Å². The van der Waals surface area contributed by atoms with Crippen LogP contribution in [0.2, 0.25) is 0 Å². The number of ether oxygens (including phenoxy) is 1. The van der Waals surface area contributed by atoms with Crippen molar-refractivity contribution in [2.24, 2.45) is 0 Å². The molecule has 0 aliphatic carbocycles. The molecule has 0 bridgehead atoms. The molecule has 1 atom stereocenters. The molecule has 1 unspecified atom stereocenters. The minimum absolute atomic E-state index is 0.222. The van der Waals surface area contributed by atoms with Gasteiger partial charge in [-0.25, -0.2) is 0 Å². The summed E-state index contributed by atoms with van der Waals surface area (Å²) in [5.41, 5.74) is 1.73. The second-order valence-electron chi connectivity index (χ2n) is 6.85. The van der Waals surface area contributed by atoms with Crippen molar-refractivity contribution in [1.82, 2.24) is 0 Å². The highest BCUT2D eigenvalue weighted by molar-refractivity contribution is 8.00. The van der Waals surface area contributed by atoms with Crippen LogP contribution in [-0.4, -0.2) is 30.5 Å². The Labute approximate surface area is 195 Å². The summed E-state index contributed by atoms with van der Waals surface area (Å²) >= 11 is 2.84. The molecular weight excluding hydrogens is 442 g/mol. The number of hydrogen-bond acceptors (Lipinski definition) is 6. The van der Waals surface area contributed by atoms with E-state index in [1.807, 2.05) is 66.9 Å². The predicted octanol–water partition coefficient (Wildman–Crippen LogP) is 5.63. The normalized spacial score (nSPS) is 11.4. The molecule has 0 fully saturated rings. The molecule has 32 heavy (non-hydrogen) atoms. The van der Waals surface area contributed by atoms with Gasteiger partial charge in [0.2, 0.25) is 5.91 Å². The van der Waals surface area contributed by atoms with Crippen LogP contribution in [-0.2, 0) is 14.3 Å². The van der Waals surface area contributed by atoms with Crippen LogP contribution in [0.3, 0.4) is 0 Å². The molecule has 0 heterocycles. The average Bonchev–Trinajstić information content (AvgIpc) is 2.81. The molecule has 0 saturated carbocycles. The first-order chi connectivity index (χ1) is 15.5. The van der Waals surface area contributed by atoms with Crippen molar-refractivity contribution >= 4 is 46.9 Å². The lowest BCUT2D eigenvalue weighted by Gasteiger charge is -2.16. The monoisotopic (exact) mass is 465 g/mol. The van der Waals surface area contributed by atoms with Crippen molar-refractivity contribution in [3.63, 3.8) is 0 Å². The Morgan fingerprint density at radius 3 is 2.22 bits per heavy atom. The van der Waals surface area contributed by atoms with E-state index >= 15 is 0 Å². The van der Waals surface area contributed by atoms with Gasteiger partial charge in [-0.15, -0.1) is 23.5 Å². The van der Waals surface area contributed by atoms with Gasteiger partial charge in [0.15, 0.2) is 12.4 Å². The third kappa shape index (κ3) is 6.48. The number of carbonyl (C=O) groups excluding carboxylic acids is 3. The lowest BCUT2D eigenvalue weighted by molar-refractivity contribution is -0.142. The van der Waals surface area contributed by atoms with Crippen molar-refractivity contribution in [3.05, 3.63) is 90.0 Å². The number of carbonyl (C=O) groups is 3. The van der Waals surface area contributed by atoms with Crippen LogP contribution in [0.1, 0.15) is 28.1 Å². The second-order valence-corrected chi connectivity index (χ2v) is 8.88. The first-order valence-corrected chi connectivity index (χ1v) is 12.0. The van der Waals surface area contributed by atoms with Gasteiger partial charge in [-0.1, -0.05) is 54.6 Å². The van der Waals surface area contributed by atoms with E-state index in [0.29, 0.717) is 11.3 Å². The van der Waals surface area contributed by atoms with E-state index in [2.05, 4.69) is 5.32 Å². The fourth-order valence-electron chi connectivity index (χ4n) is 2.98. The first-order valence-electron chi connectivity index (χ1n) is 9.90. The van der Waals surface area contributed by atoms with Crippen molar-refractivity contribution in [2.75, 3.05) is 18.2 Å². The molecule has 0 aliphatic heterocycles. The highest BCUT2D eigenvalue weighted by Gasteiger charge is 2.24. The Balaban J connectivity index is 1.73. The number of hydrogen-bond donors (Lipinski definition) is 1. The quantitative estimate of drug-likeness (QED) is 0.251. The molecular formula is C25H23NO4S2. The molecule has 0 radical (unpaired) electrons. The number of thioether (sulfide) groups is 2.